The molecule has 1 heterocycles. The highest BCUT2D eigenvalue weighted by Gasteiger charge is 2.07. The Bertz CT molecular complexity index is 552. The van der Waals surface area contributed by atoms with Gasteiger partial charge in [0.25, 0.3) is 0 Å². The van der Waals surface area contributed by atoms with E-state index in [2.05, 4.69) is 12.1 Å². The van der Waals surface area contributed by atoms with Gasteiger partial charge in [0.05, 0.1) is 12.3 Å². The van der Waals surface area contributed by atoms with Crippen LogP contribution in [-0.2, 0) is 13.2 Å². The van der Waals surface area contributed by atoms with E-state index in [1.807, 2.05) is 31.2 Å². The molecule has 0 saturated carbocycles. The van der Waals surface area contributed by atoms with Gasteiger partial charge in [-0.15, -0.1) is 0 Å². The molecule has 0 aliphatic carbocycles. The van der Waals surface area contributed by atoms with Crippen LogP contribution < -0.4 is 15.2 Å². The molecule has 5 nitrogen and oxygen atoms in total. The standard InChI is InChI=1S/C15H20N2O3/c1-3-6-18-13-5-4-12(9-16)15(8-13)19-10-14-7-11(2)17-20-14/h4-5,7-8H,3,6,9-10,16H2,1-2H3. The number of aromatic nitrogens is 1. The van der Waals surface area contributed by atoms with E-state index in [1.165, 1.54) is 0 Å². The van der Waals surface area contributed by atoms with Crippen molar-refractivity contribution in [2.24, 2.45) is 5.73 Å². The third kappa shape index (κ3) is 3.74. The minimum absolute atomic E-state index is 0.324. The van der Waals surface area contributed by atoms with Crippen LogP contribution in [0.4, 0.5) is 0 Å². The zero-order chi connectivity index (χ0) is 14.4. The topological polar surface area (TPSA) is 70.5 Å². The van der Waals surface area contributed by atoms with Gasteiger partial charge in [-0.2, -0.15) is 0 Å². The fraction of sp³-hybridized carbons (Fsp3) is 0.400. The van der Waals surface area contributed by atoms with Crippen molar-refractivity contribution in [1.29, 1.82) is 0 Å². The summed E-state index contributed by atoms with van der Waals surface area (Å²) in [6, 6.07) is 7.54. The lowest BCUT2D eigenvalue weighted by atomic mass is 10.2. The number of ether oxygens (including phenoxy) is 2. The smallest absolute Gasteiger partial charge is 0.174 e. The highest BCUT2D eigenvalue weighted by atomic mass is 16.5. The molecular weight excluding hydrogens is 256 g/mol. The fourth-order valence-electron chi connectivity index (χ4n) is 1.78. The molecule has 2 rings (SSSR count). The van der Waals surface area contributed by atoms with Crippen LogP contribution in [0.1, 0.15) is 30.4 Å². The molecule has 0 spiro atoms. The zero-order valence-electron chi connectivity index (χ0n) is 11.9. The largest absolute Gasteiger partial charge is 0.493 e. The second kappa shape index (κ2) is 6.96. The van der Waals surface area contributed by atoms with Gasteiger partial charge in [0, 0.05) is 24.2 Å². The van der Waals surface area contributed by atoms with Crippen molar-refractivity contribution in [3.8, 4) is 11.5 Å². The molecule has 0 aliphatic heterocycles. The first-order valence-corrected chi connectivity index (χ1v) is 6.73. The van der Waals surface area contributed by atoms with Crippen molar-refractivity contribution in [2.75, 3.05) is 6.61 Å². The minimum Gasteiger partial charge on any atom is -0.493 e. The predicted molar refractivity (Wildman–Crippen MR) is 75.7 cm³/mol. The molecule has 20 heavy (non-hydrogen) atoms. The summed E-state index contributed by atoms with van der Waals surface area (Å²) in [5.74, 6) is 2.19. The van der Waals surface area contributed by atoms with Crippen LogP contribution >= 0.6 is 0 Å². The first-order valence-electron chi connectivity index (χ1n) is 6.73. The normalized spacial score (nSPS) is 10.6. The molecule has 0 aliphatic rings. The maximum atomic E-state index is 5.75. The lowest BCUT2D eigenvalue weighted by Gasteiger charge is -2.12. The SMILES string of the molecule is CCCOc1ccc(CN)c(OCc2cc(C)no2)c1. The molecule has 0 saturated heterocycles. The third-order valence-corrected chi connectivity index (χ3v) is 2.78. The highest BCUT2D eigenvalue weighted by Crippen LogP contribution is 2.25. The number of nitrogens with two attached hydrogens (primary N) is 1. The number of benzene rings is 1. The number of rotatable bonds is 7. The lowest BCUT2D eigenvalue weighted by Crippen LogP contribution is -2.03. The molecule has 108 valence electrons. The summed E-state index contributed by atoms with van der Waals surface area (Å²) in [5, 5.41) is 3.83. The predicted octanol–water partition coefficient (Wildman–Crippen LogP) is 2.81. The zero-order valence-corrected chi connectivity index (χ0v) is 11.9. The van der Waals surface area contributed by atoms with Crippen molar-refractivity contribution in [2.45, 2.75) is 33.4 Å². The molecule has 0 atom stereocenters. The molecule has 5 heteroatoms. The van der Waals surface area contributed by atoms with E-state index in [0.29, 0.717) is 25.5 Å². The maximum absolute atomic E-state index is 5.75. The van der Waals surface area contributed by atoms with Crippen molar-refractivity contribution in [1.82, 2.24) is 5.16 Å². The maximum Gasteiger partial charge on any atom is 0.174 e. The first-order chi connectivity index (χ1) is 9.72. The van der Waals surface area contributed by atoms with Gasteiger partial charge in [-0.3, -0.25) is 0 Å². The van der Waals surface area contributed by atoms with Crippen molar-refractivity contribution >= 4 is 0 Å². The van der Waals surface area contributed by atoms with Crippen LogP contribution in [0.2, 0.25) is 0 Å². The number of nitrogens with zero attached hydrogens (tertiary/aromatic N) is 1. The molecule has 0 unspecified atom stereocenters. The van der Waals surface area contributed by atoms with Gasteiger partial charge in [0.1, 0.15) is 18.1 Å². The van der Waals surface area contributed by atoms with Gasteiger partial charge in [0.2, 0.25) is 0 Å². The van der Waals surface area contributed by atoms with E-state index in [1.54, 1.807) is 0 Å². The number of aryl methyl sites for hydroxylation is 1. The Morgan fingerprint density at radius 3 is 2.75 bits per heavy atom. The quantitative estimate of drug-likeness (QED) is 0.842. The highest BCUT2D eigenvalue weighted by molar-refractivity contribution is 5.40. The Hall–Kier alpha value is -2.01. The van der Waals surface area contributed by atoms with Crippen LogP contribution in [-0.4, -0.2) is 11.8 Å². The van der Waals surface area contributed by atoms with E-state index in [0.717, 1.165) is 29.2 Å². The molecule has 0 radical (unpaired) electrons. The van der Waals surface area contributed by atoms with Crippen LogP contribution in [0.25, 0.3) is 0 Å². The molecule has 1 aromatic carbocycles. The van der Waals surface area contributed by atoms with Crippen LogP contribution in [0, 0.1) is 6.92 Å². The molecule has 2 N–H and O–H groups in total. The average molecular weight is 276 g/mol. The summed E-state index contributed by atoms with van der Waals surface area (Å²) in [7, 11) is 0. The lowest BCUT2D eigenvalue weighted by molar-refractivity contribution is 0.244. The summed E-state index contributed by atoms with van der Waals surface area (Å²) in [4.78, 5) is 0. The second-order valence-corrected chi connectivity index (χ2v) is 4.55. The van der Waals surface area contributed by atoms with Gasteiger partial charge in [0.15, 0.2) is 5.76 Å². The van der Waals surface area contributed by atoms with Gasteiger partial charge >= 0.3 is 0 Å². The van der Waals surface area contributed by atoms with E-state index in [-0.39, 0.29) is 0 Å². The monoisotopic (exact) mass is 276 g/mol. The summed E-state index contributed by atoms with van der Waals surface area (Å²) >= 11 is 0. The number of hydrogen-bond acceptors (Lipinski definition) is 5. The van der Waals surface area contributed by atoms with E-state index in [4.69, 9.17) is 19.7 Å². The summed E-state index contributed by atoms with van der Waals surface area (Å²) in [6.45, 7) is 5.36. The summed E-state index contributed by atoms with van der Waals surface area (Å²) < 4.78 is 16.5. The van der Waals surface area contributed by atoms with Gasteiger partial charge < -0.3 is 19.7 Å². The van der Waals surface area contributed by atoms with Crippen molar-refractivity contribution in [3.05, 3.63) is 41.3 Å². The van der Waals surface area contributed by atoms with E-state index >= 15 is 0 Å². The van der Waals surface area contributed by atoms with Gasteiger partial charge in [-0.1, -0.05) is 18.1 Å². The summed E-state index contributed by atoms with van der Waals surface area (Å²) in [6.07, 6.45) is 0.964. The van der Waals surface area contributed by atoms with Crippen LogP contribution in [0.5, 0.6) is 11.5 Å². The van der Waals surface area contributed by atoms with Crippen LogP contribution in [0.3, 0.4) is 0 Å². The fourth-order valence-corrected chi connectivity index (χ4v) is 1.78. The van der Waals surface area contributed by atoms with Crippen molar-refractivity contribution in [3.63, 3.8) is 0 Å². The molecular formula is C15H20N2O3. The Kier molecular flexibility index (Phi) is 5.01. The Labute approximate surface area is 118 Å². The Morgan fingerprint density at radius 2 is 2.10 bits per heavy atom. The number of hydrogen-bond donors (Lipinski definition) is 1. The van der Waals surface area contributed by atoms with Gasteiger partial charge in [-0.25, -0.2) is 0 Å². The molecule has 0 amide bonds. The van der Waals surface area contributed by atoms with E-state index < -0.39 is 0 Å². The van der Waals surface area contributed by atoms with Gasteiger partial charge in [-0.05, 0) is 19.4 Å². The van der Waals surface area contributed by atoms with E-state index in [9.17, 15) is 0 Å². The molecule has 0 bridgehead atoms. The Balaban J connectivity index is 2.07. The van der Waals surface area contributed by atoms with Crippen molar-refractivity contribution < 1.29 is 14.0 Å². The Morgan fingerprint density at radius 1 is 1.25 bits per heavy atom. The molecule has 2 aromatic rings. The summed E-state index contributed by atoms with van der Waals surface area (Å²) in [5.41, 5.74) is 7.49. The second-order valence-electron chi connectivity index (χ2n) is 4.55. The third-order valence-electron chi connectivity index (χ3n) is 2.78. The molecule has 0 fully saturated rings. The molecule has 1 aromatic heterocycles. The minimum atomic E-state index is 0.324. The van der Waals surface area contributed by atoms with Crippen LogP contribution in [0.15, 0.2) is 28.8 Å². The average Bonchev–Trinajstić information content (AvgIpc) is 2.88. The first kappa shape index (κ1) is 14.4.